The number of carboxylic acids is 1. The predicted octanol–water partition coefficient (Wildman–Crippen LogP) is 2.27. The zero-order valence-corrected chi connectivity index (χ0v) is 13.9. The fraction of sp³-hybridized carbons (Fsp3) is 0.588. The van der Waals surface area contributed by atoms with E-state index in [1.54, 1.807) is 0 Å². The molecule has 0 amide bonds. The van der Waals surface area contributed by atoms with Crippen molar-refractivity contribution in [2.45, 2.75) is 31.1 Å². The Kier molecular flexibility index (Phi) is 6.80. The maximum Gasteiger partial charge on any atom is 0.490 e. The lowest BCUT2D eigenvalue weighted by Gasteiger charge is -2.49. The quantitative estimate of drug-likeness (QED) is 0.847. The summed E-state index contributed by atoms with van der Waals surface area (Å²) < 4.78 is 37.5. The van der Waals surface area contributed by atoms with Gasteiger partial charge in [0.05, 0.1) is 13.2 Å². The van der Waals surface area contributed by atoms with Crippen molar-refractivity contribution in [2.24, 2.45) is 0 Å². The molecule has 2 fully saturated rings. The third-order valence-electron chi connectivity index (χ3n) is 4.54. The molecular formula is C17H23F3N2O3. The fourth-order valence-corrected chi connectivity index (χ4v) is 3.17. The van der Waals surface area contributed by atoms with Gasteiger partial charge in [-0.2, -0.15) is 13.2 Å². The van der Waals surface area contributed by atoms with E-state index in [4.69, 9.17) is 14.6 Å². The highest BCUT2D eigenvalue weighted by Gasteiger charge is 2.40. The van der Waals surface area contributed by atoms with E-state index in [-0.39, 0.29) is 5.54 Å². The van der Waals surface area contributed by atoms with E-state index in [0.29, 0.717) is 0 Å². The maximum atomic E-state index is 10.6. The minimum absolute atomic E-state index is 0.277. The van der Waals surface area contributed by atoms with Gasteiger partial charge in [-0.25, -0.2) is 4.79 Å². The first-order valence-corrected chi connectivity index (χ1v) is 8.21. The number of rotatable bonds is 2. The largest absolute Gasteiger partial charge is 0.490 e. The van der Waals surface area contributed by atoms with E-state index in [1.165, 1.54) is 18.4 Å². The van der Waals surface area contributed by atoms with Crippen LogP contribution >= 0.6 is 0 Å². The van der Waals surface area contributed by atoms with Crippen molar-refractivity contribution in [3.63, 3.8) is 0 Å². The molecule has 0 atom stereocenters. The highest BCUT2D eigenvalue weighted by atomic mass is 19.4. The zero-order chi connectivity index (χ0) is 18.3. The topological polar surface area (TPSA) is 61.8 Å². The Labute approximate surface area is 144 Å². The molecule has 0 unspecified atom stereocenters. The molecule has 1 aromatic carbocycles. The van der Waals surface area contributed by atoms with Crippen molar-refractivity contribution in [2.75, 3.05) is 32.8 Å². The van der Waals surface area contributed by atoms with Gasteiger partial charge >= 0.3 is 12.1 Å². The molecule has 140 valence electrons. The summed E-state index contributed by atoms with van der Waals surface area (Å²) in [5.41, 5.74) is 1.69. The Morgan fingerprint density at radius 1 is 1.24 bits per heavy atom. The Balaban J connectivity index is 0.000000277. The van der Waals surface area contributed by atoms with E-state index < -0.39 is 12.1 Å². The summed E-state index contributed by atoms with van der Waals surface area (Å²) in [7, 11) is 0. The molecule has 0 saturated carbocycles. The molecule has 5 nitrogen and oxygen atoms in total. The van der Waals surface area contributed by atoms with Crippen LogP contribution in [0.1, 0.15) is 18.4 Å². The number of piperidine rings is 1. The number of aliphatic carboxylic acids is 1. The van der Waals surface area contributed by atoms with Gasteiger partial charge in [0.25, 0.3) is 0 Å². The first-order chi connectivity index (χ1) is 11.8. The number of halogens is 3. The van der Waals surface area contributed by atoms with Crippen LogP contribution < -0.4 is 5.32 Å². The van der Waals surface area contributed by atoms with Gasteiger partial charge in [0.2, 0.25) is 0 Å². The Morgan fingerprint density at radius 3 is 2.40 bits per heavy atom. The van der Waals surface area contributed by atoms with Crippen molar-refractivity contribution in [1.29, 1.82) is 0 Å². The summed E-state index contributed by atoms with van der Waals surface area (Å²) in [5.74, 6) is -2.76. The monoisotopic (exact) mass is 360 g/mol. The maximum absolute atomic E-state index is 10.6. The van der Waals surface area contributed by atoms with Crippen LogP contribution in [-0.4, -0.2) is 60.5 Å². The number of benzene rings is 1. The van der Waals surface area contributed by atoms with Crippen LogP contribution in [0.25, 0.3) is 0 Å². The second kappa shape index (κ2) is 8.64. The summed E-state index contributed by atoms with van der Waals surface area (Å²) in [6, 6.07) is 10.8. The van der Waals surface area contributed by atoms with Crippen LogP contribution in [0.2, 0.25) is 0 Å². The van der Waals surface area contributed by atoms with Gasteiger partial charge in [0.1, 0.15) is 0 Å². The van der Waals surface area contributed by atoms with Gasteiger partial charge in [0, 0.05) is 18.6 Å². The molecule has 0 radical (unpaired) electrons. The van der Waals surface area contributed by atoms with Crippen LogP contribution in [0.3, 0.4) is 0 Å². The molecular weight excluding hydrogens is 337 g/mol. The van der Waals surface area contributed by atoms with Crippen molar-refractivity contribution >= 4 is 5.97 Å². The number of ether oxygens (including phenoxy) is 1. The number of carboxylic acid groups (broad SMARTS) is 1. The summed E-state index contributed by atoms with van der Waals surface area (Å²) in [6.07, 6.45) is -2.67. The van der Waals surface area contributed by atoms with Gasteiger partial charge < -0.3 is 15.2 Å². The van der Waals surface area contributed by atoms with Crippen molar-refractivity contribution in [3.8, 4) is 0 Å². The molecule has 0 bridgehead atoms. The Morgan fingerprint density at radius 2 is 1.84 bits per heavy atom. The molecule has 0 aliphatic carbocycles. The van der Waals surface area contributed by atoms with Crippen molar-refractivity contribution in [3.05, 3.63) is 35.9 Å². The van der Waals surface area contributed by atoms with Gasteiger partial charge in [-0.05, 0) is 31.5 Å². The van der Waals surface area contributed by atoms with Gasteiger partial charge in [-0.1, -0.05) is 30.3 Å². The lowest BCUT2D eigenvalue weighted by molar-refractivity contribution is -0.192. The van der Waals surface area contributed by atoms with Crippen LogP contribution in [0.15, 0.2) is 30.3 Å². The standard InChI is InChI=1S/C15H22N2O.C2HF3O2/c1-2-4-14(5-3-1)12-17-10-11-18-13-15(17)6-8-16-9-7-15;3-2(4,5)1(6)7/h1-5,16H,6-13H2;(H,6,7). The highest BCUT2D eigenvalue weighted by molar-refractivity contribution is 5.73. The number of carbonyl (C=O) groups is 1. The highest BCUT2D eigenvalue weighted by Crippen LogP contribution is 2.30. The van der Waals surface area contributed by atoms with E-state index in [0.717, 1.165) is 39.4 Å². The van der Waals surface area contributed by atoms with E-state index in [1.807, 2.05) is 0 Å². The number of alkyl halides is 3. The van der Waals surface area contributed by atoms with Crippen LogP contribution in [0.5, 0.6) is 0 Å². The normalized spacial score (nSPS) is 20.6. The zero-order valence-electron chi connectivity index (χ0n) is 13.9. The second-order valence-corrected chi connectivity index (χ2v) is 6.24. The van der Waals surface area contributed by atoms with Gasteiger partial charge in [-0.3, -0.25) is 4.90 Å². The summed E-state index contributed by atoms with van der Waals surface area (Å²) in [6.45, 7) is 6.14. The second-order valence-electron chi connectivity index (χ2n) is 6.24. The molecule has 2 aliphatic heterocycles. The lowest BCUT2D eigenvalue weighted by atomic mass is 9.86. The Hall–Kier alpha value is -1.64. The predicted molar refractivity (Wildman–Crippen MR) is 86.2 cm³/mol. The molecule has 25 heavy (non-hydrogen) atoms. The molecule has 1 spiro atoms. The van der Waals surface area contributed by atoms with Gasteiger partial charge in [-0.15, -0.1) is 0 Å². The van der Waals surface area contributed by atoms with E-state index in [9.17, 15) is 13.2 Å². The van der Waals surface area contributed by atoms with Crippen molar-refractivity contribution in [1.82, 2.24) is 10.2 Å². The van der Waals surface area contributed by atoms with E-state index >= 15 is 0 Å². The fourth-order valence-electron chi connectivity index (χ4n) is 3.17. The minimum Gasteiger partial charge on any atom is -0.475 e. The average Bonchev–Trinajstić information content (AvgIpc) is 2.59. The third kappa shape index (κ3) is 5.69. The summed E-state index contributed by atoms with van der Waals surface area (Å²) >= 11 is 0. The van der Waals surface area contributed by atoms with Crippen LogP contribution in [0.4, 0.5) is 13.2 Å². The first kappa shape index (κ1) is 19.7. The van der Waals surface area contributed by atoms with Crippen molar-refractivity contribution < 1.29 is 27.8 Å². The summed E-state index contributed by atoms with van der Waals surface area (Å²) in [4.78, 5) is 11.5. The molecule has 0 aromatic heterocycles. The Bertz CT molecular complexity index is 538. The number of nitrogens with one attached hydrogen (secondary N) is 1. The number of hydrogen-bond acceptors (Lipinski definition) is 4. The van der Waals surface area contributed by atoms with Crippen LogP contribution in [0, 0.1) is 0 Å². The molecule has 2 aliphatic rings. The van der Waals surface area contributed by atoms with Crippen LogP contribution in [-0.2, 0) is 16.1 Å². The molecule has 2 N–H and O–H groups in total. The van der Waals surface area contributed by atoms with Gasteiger partial charge in [0.15, 0.2) is 0 Å². The minimum atomic E-state index is -5.08. The molecule has 2 saturated heterocycles. The number of morpholine rings is 1. The molecule has 8 heteroatoms. The number of nitrogens with zero attached hydrogens (tertiary/aromatic N) is 1. The summed E-state index contributed by atoms with van der Waals surface area (Å²) in [5, 5.41) is 10.6. The smallest absolute Gasteiger partial charge is 0.475 e. The van der Waals surface area contributed by atoms with E-state index in [2.05, 4.69) is 40.5 Å². The molecule has 1 aromatic rings. The first-order valence-electron chi connectivity index (χ1n) is 8.21. The third-order valence-corrected chi connectivity index (χ3v) is 4.54. The lowest BCUT2D eigenvalue weighted by Crippen LogP contribution is -2.60. The SMILES string of the molecule is O=C(O)C(F)(F)F.c1ccc(CN2CCOCC23CCNCC3)cc1. The molecule has 3 rings (SSSR count). The average molecular weight is 360 g/mol. The number of hydrogen-bond donors (Lipinski definition) is 2. The molecule has 2 heterocycles.